The normalized spacial score (nSPS) is 10.7. The zero-order chi connectivity index (χ0) is 17.5. The van der Waals surface area contributed by atoms with Crippen LogP contribution in [-0.2, 0) is 15.3 Å². The Labute approximate surface area is 149 Å². The van der Waals surface area contributed by atoms with Crippen molar-refractivity contribution in [3.63, 3.8) is 0 Å². The van der Waals surface area contributed by atoms with Crippen LogP contribution >= 0.6 is 23.1 Å². The molecule has 0 fully saturated rings. The van der Waals surface area contributed by atoms with Crippen LogP contribution in [0, 0.1) is 6.92 Å². The number of carbonyl (C=O) groups excluding carboxylic acids is 2. The Bertz CT molecular complexity index is 713. The van der Waals surface area contributed by atoms with E-state index < -0.39 is 5.97 Å². The summed E-state index contributed by atoms with van der Waals surface area (Å²) < 4.78 is 6.08. The first-order valence-electron chi connectivity index (χ1n) is 7.55. The first-order valence-corrected chi connectivity index (χ1v) is 9.41. The van der Waals surface area contributed by atoms with E-state index in [0.717, 1.165) is 15.6 Å². The summed E-state index contributed by atoms with van der Waals surface area (Å²) in [5.41, 5.74) is 2.34. The van der Waals surface area contributed by atoms with Gasteiger partial charge in [-0.1, -0.05) is 30.0 Å². The number of esters is 1. The van der Waals surface area contributed by atoms with Gasteiger partial charge in [-0.25, -0.2) is 9.78 Å². The highest BCUT2D eigenvalue weighted by molar-refractivity contribution is 8.00. The highest BCUT2D eigenvalue weighted by Gasteiger charge is 2.15. The maximum Gasteiger partial charge on any atom is 0.338 e. The Kier molecular flexibility index (Phi) is 6.81. The van der Waals surface area contributed by atoms with Gasteiger partial charge in [0, 0.05) is 22.9 Å². The van der Waals surface area contributed by atoms with Crippen LogP contribution in [0.25, 0.3) is 0 Å². The fraction of sp³-hybridized carbons (Fsp3) is 0.353. The topological polar surface area (TPSA) is 68.3 Å². The minimum Gasteiger partial charge on any atom is -0.452 e. The molecule has 0 spiro atoms. The van der Waals surface area contributed by atoms with Gasteiger partial charge in [-0.05, 0) is 32.4 Å². The third-order valence-corrected chi connectivity index (χ3v) is 5.16. The highest BCUT2D eigenvalue weighted by atomic mass is 32.2. The molecule has 128 valence electrons. The van der Waals surface area contributed by atoms with Crippen molar-refractivity contribution in [1.82, 2.24) is 10.3 Å². The van der Waals surface area contributed by atoms with Gasteiger partial charge in [0.05, 0.1) is 5.56 Å². The SMILES string of the molecule is Cc1csc(SCc2ccccc2C(=O)OCC(=O)NC(C)C)n1. The average Bonchev–Trinajstić information content (AvgIpc) is 2.96. The molecule has 0 radical (unpaired) electrons. The van der Waals surface area contributed by atoms with E-state index in [4.69, 9.17) is 4.74 Å². The van der Waals surface area contributed by atoms with Gasteiger partial charge in [0.15, 0.2) is 6.61 Å². The molecule has 0 aliphatic rings. The van der Waals surface area contributed by atoms with E-state index in [9.17, 15) is 9.59 Å². The number of aromatic nitrogens is 1. The van der Waals surface area contributed by atoms with Gasteiger partial charge in [-0.3, -0.25) is 4.79 Å². The van der Waals surface area contributed by atoms with Crippen LogP contribution in [0.3, 0.4) is 0 Å². The number of ether oxygens (including phenoxy) is 1. The largest absolute Gasteiger partial charge is 0.452 e. The fourth-order valence-corrected chi connectivity index (χ4v) is 3.81. The summed E-state index contributed by atoms with van der Waals surface area (Å²) in [4.78, 5) is 28.2. The van der Waals surface area contributed by atoms with E-state index in [1.54, 1.807) is 35.2 Å². The third kappa shape index (κ3) is 5.65. The Morgan fingerprint density at radius 2 is 2.08 bits per heavy atom. The third-order valence-electron chi connectivity index (χ3n) is 2.97. The first-order chi connectivity index (χ1) is 11.5. The minimum atomic E-state index is -0.486. The Morgan fingerprint density at radius 3 is 2.75 bits per heavy atom. The molecule has 1 aromatic carbocycles. The summed E-state index contributed by atoms with van der Waals surface area (Å²) in [5.74, 6) is -0.167. The number of hydrogen-bond acceptors (Lipinski definition) is 6. The Hall–Kier alpha value is -1.86. The minimum absolute atomic E-state index is 0.0154. The maximum absolute atomic E-state index is 12.2. The zero-order valence-electron chi connectivity index (χ0n) is 13.9. The molecule has 0 unspecified atom stereocenters. The van der Waals surface area contributed by atoms with Gasteiger partial charge in [0.1, 0.15) is 4.34 Å². The van der Waals surface area contributed by atoms with Crippen LogP contribution in [0.15, 0.2) is 34.0 Å². The van der Waals surface area contributed by atoms with Crippen molar-refractivity contribution in [2.24, 2.45) is 0 Å². The van der Waals surface area contributed by atoms with Crippen molar-refractivity contribution >= 4 is 35.0 Å². The molecular formula is C17H20N2O3S2. The summed E-state index contributed by atoms with van der Waals surface area (Å²) in [6.07, 6.45) is 0. The second kappa shape index (κ2) is 8.84. The second-order valence-corrected chi connectivity index (χ2v) is 7.58. The number of aryl methyl sites for hydroxylation is 1. The van der Waals surface area contributed by atoms with Crippen molar-refractivity contribution in [2.45, 2.75) is 36.9 Å². The van der Waals surface area contributed by atoms with Crippen LogP contribution in [0.4, 0.5) is 0 Å². The molecule has 0 bridgehead atoms. The van der Waals surface area contributed by atoms with Gasteiger partial charge in [0.25, 0.3) is 5.91 Å². The Morgan fingerprint density at radius 1 is 1.33 bits per heavy atom. The quantitative estimate of drug-likeness (QED) is 0.602. The van der Waals surface area contributed by atoms with E-state index in [0.29, 0.717) is 11.3 Å². The fourth-order valence-electron chi connectivity index (χ4n) is 1.96. The van der Waals surface area contributed by atoms with Gasteiger partial charge in [-0.2, -0.15) is 0 Å². The molecule has 0 aliphatic carbocycles. The number of rotatable bonds is 7. The number of carbonyl (C=O) groups is 2. The number of nitrogens with zero attached hydrogens (tertiary/aromatic N) is 1. The van der Waals surface area contributed by atoms with Crippen molar-refractivity contribution in [3.05, 3.63) is 46.5 Å². The summed E-state index contributed by atoms with van der Waals surface area (Å²) in [6, 6.07) is 7.28. The molecule has 7 heteroatoms. The highest BCUT2D eigenvalue weighted by Crippen LogP contribution is 2.27. The molecule has 2 aromatic rings. The van der Waals surface area contributed by atoms with Crippen LogP contribution in [-0.4, -0.2) is 29.5 Å². The lowest BCUT2D eigenvalue weighted by Gasteiger charge is -2.10. The summed E-state index contributed by atoms with van der Waals surface area (Å²) in [7, 11) is 0. The number of nitrogens with one attached hydrogen (secondary N) is 1. The first kappa shape index (κ1) is 18.5. The molecular weight excluding hydrogens is 344 g/mol. The van der Waals surface area contributed by atoms with Crippen molar-refractivity contribution < 1.29 is 14.3 Å². The molecule has 5 nitrogen and oxygen atoms in total. The van der Waals surface area contributed by atoms with E-state index >= 15 is 0 Å². The molecule has 1 heterocycles. The predicted molar refractivity (Wildman–Crippen MR) is 96.4 cm³/mol. The van der Waals surface area contributed by atoms with Crippen molar-refractivity contribution in [1.29, 1.82) is 0 Å². The molecule has 1 N–H and O–H groups in total. The van der Waals surface area contributed by atoms with Gasteiger partial charge in [0.2, 0.25) is 0 Å². The second-order valence-electron chi connectivity index (χ2n) is 5.50. The molecule has 1 aromatic heterocycles. The number of thiazole rings is 1. The number of hydrogen-bond donors (Lipinski definition) is 1. The zero-order valence-corrected chi connectivity index (χ0v) is 15.5. The van der Waals surface area contributed by atoms with Crippen LogP contribution in [0.1, 0.15) is 35.5 Å². The van der Waals surface area contributed by atoms with Crippen LogP contribution in [0.2, 0.25) is 0 Å². The number of thioether (sulfide) groups is 1. The molecule has 2 rings (SSSR count). The lowest BCUT2D eigenvalue weighted by molar-refractivity contribution is -0.124. The Balaban J connectivity index is 1.97. The monoisotopic (exact) mass is 364 g/mol. The molecule has 0 aliphatic heterocycles. The van der Waals surface area contributed by atoms with E-state index in [1.807, 2.05) is 38.3 Å². The summed E-state index contributed by atoms with van der Waals surface area (Å²) in [5, 5.41) is 4.68. The van der Waals surface area contributed by atoms with Gasteiger partial charge >= 0.3 is 5.97 Å². The van der Waals surface area contributed by atoms with E-state index in [-0.39, 0.29) is 18.6 Å². The average molecular weight is 364 g/mol. The van der Waals surface area contributed by atoms with Crippen LogP contribution < -0.4 is 5.32 Å². The predicted octanol–water partition coefficient (Wildman–Crippen LogP) is 3.43. The number of amides is 1. The molecule has 0 saturated heterocycles. The standard InChI is InChI=1S/C17H20N2O3S2/c1-11(2)18-15(20)8-22-16(21)14-7-5-4-6-13(14)10-24-17-19-12(3)9-23-17/h4-7,9,11H,8,10H2,1-3H3,(H,18,20). The smallest absolute Gasteiger partial charge is 0.338 e. The van der Waals surface area contributed by atoms with Crippen molar-refractivity contribution in [2.75, 3.05) is 6.61 Å². The summed E-state index contributed by atoms with van der Waals surface area (Å²) in [6.45, 7) is 5.39. The van der Waals surface area contributed by atoms with Crippen LogP contribution in [0.5, 0.6) is 0 Å². The molecule has 1 amide bonds. The summed E-state index contributed by atoms with van der Waals surface area (Å²) >= 11 is 3.16. The molecule has 24 heavy (non-hydrogen) atoms. The van der Waals surface area contributed by atoms with Gasteiger partial charge in [-0.15, -0.1) is 11.3 Å². The van der Waals surface area contributed by atoms with E-state index in [1.165, 1.54) is 0 Å². The maximum atomic E-state index is 12.2. The molecule has 0 atom stereocenters. The lowest BCUT2D eigenvalue weighted by atomic mass is 10.1. The molecule has 0 saturated carbocycles. The number of benzene rings is 1. The van der Waals surface area contributed by atoms with E-state index in [2.05, 4.69) is 10.3 Å². The lowest BCUT2D eigenvalue weighted by Crippen LogP contribution is -2.34. The van der Waals surface area contributed by atoms with Gasteiger partial charge < -0.3 is 10.1 Å². The van der Waals surface area contributed by atoms with Crippen molar-refractivity contribution in [3.8, 4) is 0 Å².